The predicted octanol–water partition coefficient (Wildman–Crippen LogP) is 2.27. The van der Waals surface area contributed by atoms with Crippen LogP contribution in [0.15, 0.2) is 0 Å². The number of unbranched alkanes of at least 4 members (excludes halogenated alkanes) is 1. The van der Waals surface area contributed by atoms with Gasteiger partial charge in [0.2, 0.25) is 0 Å². The zero-order chi connectivity index (χ0) is 14.9. The molecule has 0 spiro atoms. The molecule has 112 valence electrons. The third-order valence-electron chi connectivity index (χ3n) is 3.27. The number of alkyl carbamates (subject to hydrolysis) is 1. The van der Waals surface area contributed by atoms with Crippen LogP contribution in [0.2, 0.25) is 0 Å². The van der Waals surface area contributed by atoms with Gasteiger partial charge in [-0.05, 0) is 12.3 Å². The van der Waals surface area contributed by atoms with Crippen LogP contribution >= 0.6 is 0 Å². The Morgan fingerprint density at radius 2 is 1.84 bits per heavy atom. The Kier molecular flexibility index (Phi) is 7.95. The second kappa shape index (κ2) is 8.61. The van der Waals surface area contributed by atoms with Crippen molar-refractivity contribution < 1.29 is 19.1 Å². The smallest absolute Gasteiger partial charge is 0.407 e. The van der Waals surface area contributed by atoms with Gasteiger partial charge < -0.3 is 20.5 Å². The highest BCUT2D eigenvalue weighted by molar-refractivity contribution is 5.67. The number of hydrogen-bond acceptors (Lipinski definition) is 4. The summed E-state index contributed by atoms with van der Waals surface area (Å²) in [7, 11) is 0. The molecule has 0 heterocycles. The summed E-state index contributed by atoms with van der Waals surface area (Å²) in [4.78, 5) is 22.1. The molecule has 0 radical (unpaired) electrons. The van der Waals surface area contributed by atoms with Gasteiger partial charge in [0, 0.05) is 12.0 Å². The molecule has 0 saturated heterocycles. The van der Waals surface area contributed by atoms with Crippen molar-refractivity contribution in [2.45, 2.75) is 40.5 Å². The molecule has 0 aliphatic carbocycles. The van der Waals surface area contributed by atoms with Gasteiger partial charge in [-0.15, -0.1) is 0 Å². The lowest BCUT2D eigenvalue weighted by atomic mass is 9.81. The molecule has 1 unspecified atom stereocenters. The van der Waals surface area contributed by atoms with E-state index in [-0.39, 0.29) is 19.1 Å². The van der Waals surface area contributed by atoms with Crippen LogP contribution in [-0.4, -0.2) is 31.9 Å². The molecule has 2 amide bonds. The first-order chi connectivity index (χ1) is 8.81. The molecule has 0 rings (SSSR count). The normalized spacial score (nSPS) is 13.7. The van der Waals surface area contributed by atoms with Crippen molar-refractivity contribution in [3.05, 3.63) is 0 Å². The van der Waals surface area contributed by atoms with Gasteiger partial charge in [0.25, 0.3) is 0 Å². The van der Waals surface area contributed by atoms with Gasteiger partial charge in [-0.2, -0.15) is 0 Å². The molecule has 0 fully saturated rings. The number of carbonyl (C=O) groups excluding carboxylic acids is 2. The van der Waals surface area contributed by atoms with Crippen LogP contribution in [0.4, 0.5) is 9.59 Å². The minimum Gasteiger partial charge on any atom is -0.449 e. The lowest BCUT2D eigenvalue weighted by Gasteiger charge is -2.32. The lowest BCUT2D eigenvalue weighted by Crippen LogP contribution is -2.38. The van der Waals surface area contributed by atoms with Crippen LogP contribution in [-0.2, 0) is 9.47 Å². The molecule has 0 aliphatic heterocycles. The molecular weight excluding hydrogens is 248 g/mol. The molecule has 0 aliphatic rings. The minimum absolute atomic E-state index is 0.127. The molecule has 6 heteroatoms. The summed E-state index contributed by atoms with van der Waals surface area (Å²) in [6.07, 6.45) is 0.663. The molecule has 19 heavy (non-hydrogen) atoms. The summed E-state index contributed by atoms with van der Waals surface area (Å²) in [5, 5.41) is 2.67. The molecule has 0 aromatic rings. The largest absolute Gasteiger partial charge is 0.449 e. The van der Waals surface area contributed by atoms with E-state index in [0.29, 0.717) is 6.54 Å². The maximum atomic E-state index is 11.5. The summed E-state index contributed by atoms with van der Waals surface area (Å²) in [5.41, 5.74) is 4.51. The SMILES string of the molecule is CCCCNC(=O)OCC(C)(COC(N)=O)C(C)C. The fourth-order valence-corrected chi connectivity index (χ4v) is 1.26. The van der Waals surface area contributed by atoms with Crippen molar-refractivity contribution in [3.8, 4) is 0 Å². The quantitative estimate of drug-likeness (QED) is 0.664. The number of amides is 2. The summed E-state index contributed by atoms with van der Waals surface area (Å²) in [5.74, 6) is 0.176. The van der Waals surface area contributed by atoms with Crippen molar-refractivity contribution in [2.75, 3.05) is 19.8 Å². The average Bonchev–Trinajstić information content (AvgIpc) is 2.34. The first kappa shape index (κ1) is 17.5. The van der Waals surface area contributed by atoms with E-state index in [1.54, 1.807) is 0 Å². The van der Waals surface area contributed by atoms with Gasteiger partial charge in [-0.25, -0.2) is 9.59 Å². The fraction of sp³-hybridized carbons (Fsp3) is 0.846. The van der Waals surface area contributed by atoms with E-state index in [4.69, 9.17) is 15.2 Å². The Morgan fingerprint density at radius 3 is 2.32 bits per heavy atom. The molecule has 3 N–H and O–H groups in total. The van der Waals surface area contributed by atoms with E-state index >= 15 is 0 Å². The van der Waals surface area contributed by atoms with E-state index < -0.39 is 17.6 Å². The zero-order valence-electron chi connectivity index (χ0n) is 12.3. The van der Waals surface area contributed by atoms with Crippen LogP contribution in [0, 0.1) is 11.3 Å². The number of primary amides is 1. The van der Waals surface area contributed by atoms with Gasteiger partial charge >= 0.3 is 12.2 Å². The zero-order valence-corrected chi connectivity index (χ0v) is 12.3. The number of carbonyl (C=O) groups is 2. The van der Waals surface area contributed by atoms with Gasteiger partial charge in [0.05, 0.1) is 0 Å². The highest BCUT2D eigenvalue weighted by atomic mass is 16.6. The van der Waals surface area contributed by atoms with Crippen LogP contribution in [0.1, 0.15) is 40.5 Å². The second-order valence-electron chi connectivity index (χ2n) is 5.27. The monoisotopic (exact) mass is 274 g/mol. The van der Waals surface area contributed by atoms with Crippen molar-refractivity contribution in [3.63, 3.8) is 0 Å². The van der Waals surface area contributed by atoms with Crippen molar-refractivity contribution in [1.82, 2.24) is 5.32 Å². The van der Waals surface area contributed by atoms with Crippen LogP contribution in [0.5, 0.6) is 0 Å². The number of ether oxygens (including phenoxy) is 2. The Labute approximate surface area is 115 Å². The minimum atomic E-state index is -0.820. The Bertz CT molecular complexity index is 294. The fourth-order valence-electron chi connectivity index (χ4n) is 1.26. The maximum Gasteiger partial charge on any atom is 0.407 e. The Hall–Kier alpha value is -1.46. The first-order valence-corrected chi connectivity index (χ1v) is 6.64. The van der Waals surface area contributed by atoms with Crippen molar-refractivity contribution >= 4 is 12.2 Å². The topological polar surface area (TPSA) is 90.7 Å². The van der Waals surface area contributed by atoms with E-state index in [0.717, 1.165) is 12.8 Å². The van der Waals surface area contributed by atoms with E-state index in [9.17, 15) is 9.59 Å². The Morgan fingerprint density at radius 1 is 1.26 bits per heavy atom. The molecule has 0 bridgehead atoms. The Balaban J connectivity index is 4.19. The number of nitrogens with two attached hydrogens (primary N) is 1. The lowest BCUT2D eigenvalue weighted by molar-refractivity contribution is 0.0117. The molecule has 1 atom stereocenters. The predicted molar refractivity (Wildman–Crippen MR) is 72.7 cm³/mol. The summed E-state index contributed by atoms with van der Waals surface area (Å²) in [6.45, 7) is 8.79. The number of hydrogen-bond donors (Lipinski definition) is 2. The van der Waals surface area contributed by atoms with Crippen molar-refractivity contribution in [2.24, 2.45) is 17.1 Å². The second-order valence-corrected chi connectivity index (χ2v) is 5.27. The maximum absolute atomic E-state index is 11.5. The van der Waals surface area contributed by atoms with Gasteiger partial charge in [0.1, 0.15) is 13.2 Å². The first-order valence-electron chi connectivity index (χ1n) is 6.64. The summed E-state index contributed by atoms with van der Waals surface area (Å²) >= 11 is 0. The van der Waals surface area contributed by atoms with Crippen LogP contribution in [0.25, 0.3) is 0 Å². The van der Waals surface area contributed by atoms with Crippen LogP contribution < -0.4 is 11.1 Å². The average molecular weight is 274 g/mol. The molecule has 6 nitrogen and oxygen atoms in total. The molecular formula is C13H26N2O4. The van der Waals surface area contributed by atoms with E-state index in [1.165, 1.54) is 0 Å². The van der Waals surface area contributed by atoms with Crippen molar-refractivity contribution in [1.29, 1.82) is 0 Å². The van der Waals surface area contributed by atoms with E-state index in [2.05, 4.69) is 5.32 Å². The number of nitrogens with one attached hydrogen (secondary N) is 1. The molecule has 0 saturated carbocycles. The summed E-state index contributed by atoms with van der Waals surface area (Å²) < 4.78 is 9.99. The third-order valence-corrected chi connectivity index (χ3v) is 3.27. The highest BCUT2D eigenvalue weighted by Crippen LogP contribution is 2.27. The van der Waals surface area contributed by atoms with Gasteiger partial charge in [0.15, 0.2) is 0 Å². The standard InChI is InChI=1S/C13H26N2O4/c1-5-6-7-15-12(17)19-9-13(4,10(2)3)8-18-11(14)16/h10H,5-9H2,1-4H3,(H2,14,16)(H,15,17). The highest BCUT2D eigenvalue weighted by Gasteiger charge is 2.31. The molecule has 0 aromatic carbocycles. The summed E-state index contributed by atoms with van der Waals surface area (Å²) in [6, 6.07) is 0. The molecule has 0 aromatic heterocycles. The van der Waals surface area contributed by atoms with Crippen LogP contribution in [0.3, 0.4) is 0 Å². The van der Waals surface area contributed by atoms with Gasteiger partial charge in [-0.1, -0.05) is 34.1 Å². The van der Waals surface area contributed by atoms with E-state index in [1.807, 2.05) is 27.7 Å². The van der Waals surface area contributed by atoms with Gasteiger partial charge in [-0.3, -0.25) is 0 Å². The third kappa shape index (κ3) is 7.54. The number of rotatable bonds is 8.